The van der Waals surface area contributed by atoms with Gasteiger partial charge >= 0.3 is 0 Å². The third-order valence-electron chi connectivity index (χ3n) is 4.71. The molecule has 1 nitrogen and oxygen atoms in total. The smallest absolute Gasteiger partial charge is 0.261 e. The summed E-state index contributed by atoms with van der Waals surface area (Å²) in [4.78, 5) is 0. The fourth-order valence-corrected chi connectivity index (χ4v) is 8.21. The SMILES string of the molecule is C/C=C(\I)[C@@H](C)CO[Si](c1ccccc1)(c1ccccc1)C(C)(C)C. The van der Waals surface area contributed by atoms with E-state index in [1.807, 2.05) is 0 Å². The minimum absolute atomic E-state index is 0.0385. The summed E-state index contributed by atoms with van der Waals surface area (Å²) in [6.07, 6.45) is 2.18. The molecular formula is C22H29IOSi. The quantitative estimate of drug-likeness (QED) is 0.403. The molecule has 0 heterocycles. The zero-order chi connectivity index (χ0) is 18.5. The molecule has 0 fully saturated rings. The lowest BCUT2D eigenvalue weighted by Crippen LogP contribution is -2.66. The maximum atomic E-state index is 6.94. The summed E-state index contributed by atoms with van der Waals surface area (Å²) < 4.78 is 8.30. The molecule has 2 aromatic rings. The summed E-state index contributed by atoms with van der Waals surface area (Å²) in [5, 5.41) is 2.73. The van der Waals surface area contributed by atoms with Gasteiger partial charge in [0.1, 0.15) is 0 Å². The van der Waals surface area contributed by atoms with Gasteiger partial charge in [-0.25, -0.2) is 0 Å². The van der Waals surface area contributed by atoms with Gasteiger partial charge in [0.15, 0.2) is 0 Å². The first-order valence-electron chi connectivity index (χ1n) is 8.89. The Balaban J connectivity index is 2.57. The van der Waals surface area contributed by atoms with Crippen molar-refractivity contribution >= 4 is 41.3 Å². The average molecular weight is 464 g/mol. The van der Waals surface area contributed by atoms with Gasteiger partial charge < -0.3 is 4.43 Å². The summed E-state index contributed by atoms with van der Waals surface area (Å²) >= 11 is 2.43. The van der Waals surface area contributed by atoms with Gasteiger partial charge in [0.25, 0.3) is 8.32 Å². The largest absolute Gasteiger partial charge is 0.407 e. The van der Waals surface area contributed by atoms with Crippen LogP contribution in [-0.2, 0) is 4.43 Å². The molecule has 134 valence electrons. The van der Waals surface area contributed by atoms with Crippen molar-refractivity contribution in [2.45, 2.75) is 39.7 Å². The molecule has 0 aliphatic carbocycles. The second kappa shape index (κ2) is 8.65. The minimum Gasteiger partial charge on any atom is -0.407 e. The summed E-state index contributed by atoms with van der Waals surface area (Å²) in [5.74, 6) is 0.409. The van der Waals surface area contributed by atoms with Crippen LogP contribution in [0.4, 0.5) is 0 Å². The molecule has 25 heavy (non-hydrogen) atoms. The van der Waals surface area contributed by atoms with E-state index in [9.17, 15) is 0 Å². The lowest BCUT2D eigenvalue weighted by molar-refractivity contribution is 0.267. The molecule has 0 aliphatic heterocycles. The van der Waals surface area contributed by atoms with E-state index < -0.39 is 8.32 Å². The summed E-state index contributed by atoms with van der Waals surface area (Å²) in [6, 6.07) is 21.7. The molecule has 1 atom stereocenters. The highest BCUT2D eigenvalue weighted by Gasteiger charge is 2.50. The summed E-state index contributed by atoms with van der Waals surface area (Å²) in [5.41, 5.74) is 0. The lowest BCUT2D eigenvalue weighted by Gasteiger charge is -2.43. The highest BCUT2D eigenvalue weighted by Crippen LogP contribution is 2.37. The first-order chi connectivity index (χ1) is 11.8. The number of benzene rings is 2. The van der Waals surface area contributed by atoms with Gasteiger partial charge in [0, 0.05) is 12.5 Å². The van der Waals surface area contributed by atoms with Crippen molar-refractivity contribution in [2.24, 2.45) is 5.92 Å². The second-order valence-corrected chi connectivity index (χ2v) is 13.1. The van der Waals surface area contributed by atoms with Gasteiger partial charge in [0.05, 0.1) is 0 Å². The van der Waals surface area contributed by atoms with Crippen molar-refractivity contribution in [1.29, 1.82) is 0 Å². The number of rotatable bonds is 6. The van der Waals surface area contributed by atoms with Gasteiger partial charge in [0.2, 0.25) is 0 Å². The van der Waals surface area contributed by atoms with Crippen LogP contribution in [0.2, 0.25) is 5.04 Å². The number of hydrogen-bond donors (Lipinski definition) is 0. The van der Waals surface area contributed by atoms with E-state index in [0.29, 0.717) is 5.92 Å². The first kappa shape index (κ1) is 20.4. The molecule has 2 aromatic carbocycles. The number of hydrogen-bond acceptors (Lipinski definition) is 1. The first-order valence-corrected chi connectivity index (χ1v) is 11.9. The zero-order valence-corrected chi connectivity index (χ0v) is 19.1. The van der Waals surface area contributed by atoms with Crippen LogP contribution in [0.15, 0.2) is 70.3 Å². The summed E-state index contributed by atoms with van der Waals surface area (Å²) in [7, 11) is -2.40. The maximum absolute atomic E-state index is 6.94. The Morgan fingerprint density at radius 2 is 1.44 bits per heavy atom. The molecule has 0 bridgehead atoms. The number of allylic oxidation sites excluding steroid dienone is 1. The monoisotopic (exact) mass is 464 g/mol. The molecule has 0 amide bonds. The van der Waals surface area contributed by atoms with Gasteiger partial charge in [-0.05, 0) is 48.5 Å². The highest BCUT2D eigenvalue weighted by molar-refractivity contribution is 14.1. The van der Waals surface area contributed by atoms with Crippen LogP contribution >= 0.6 is 22.6 Å². The number of halogens is 1. The molecule has 0 unspecified atom stereocenters. The Kier molecular flexibility index (Phi) is 7.06. The van der Waals surface area contributed by atoms with Crippen LogP contribution in [0, 0.1) is 5.92 Å². The van der Waals surface area contributed by atoms with E-state index in [1.54, 1.807) is 0 Å². The van der Waals surface area contributed by atoms with E-state index in [4.69, 9.17) is 4.43 Å². The van der Waals surface area contributed by atoms with Crippen LogP contribution in [0.1, 0.15) is 34.6 Å². The Hall–Kier alpha value is -0.913. The zero-order valence-electron chi connectivity index (χ0n) is 15.9. The Labute approximate surface area is 167 Å². The predicted octanol–water partition coefficient (Wildman–Crippen LogP) is 5.54. The van der Waals surface area contributed by atoms with Gasteiger partial charge in [-0.2, -0.15) is 0 Å². The maximum Gasteiger partial charge on any atom is 0.261 e. The van der Waals surface area contributed by atoms with Gasteiger partial charge in [-0.1, -0.05) is 94.4 Å². The average Bonchev–Trinajstić information content (AvgIpc) is 2.62. The van der Waals surface area contributed by atoms with Crippen LogP contribution in [0.3, 0.4) is 0 Å². The molecule has 0 aromatic heterocycles. The van der Waals surface area contributed by atoms with Gasteiger partial charge in [-0.15, -0.1) is 0 Å². The van der Waals surface area contributed by atoms with E-state index >= 15 is 0 Å². The Morgan fingerprint density at radius 3 is 1.80 bits per heavy atom. The van der Waals surface area contributed by atoms with Crippen molar-refractivity contribution in [3.63, 3.8) is 0 Å². The van der Waals surface area contributed by atoms with Crippen molar-refractivity contribution in [1.82, 2.24) is 0 Å². The van der Waals surface area contributed by atoms with Crippen LogP contribution in [0.5, 0.6) is 0 Å². The molecule has 2 rings (SSSR count). The Bertz CT molecular complexity index is 649. The molecule has 0 N–H and O–H groups in total. The van der Waals surface area contributed by atoms with Crippen LogP contribution in [0.25, 0.3) is 0 Å². The van der Waals surface area contributed by atoms with Crippen molar-refractivity contribution < 1.29 is 4.43 Å². The molecule has 0 saturated carbocycles. The highest BCUT2D eigenvalue weighted by atomic mass is 127. The topological polar surface area (TPSA) is 9.23 Å². The van der Waals surface area contributed by atoms with Crippen LogP contribution < -0.4 is 10.4 Å². The molecule has 0 spiro atoms. The third-order valence-corrected chi connectivity index (χ3v) is 11.4. The van der Waals surface area contributed by atoms with Gasteiger partial charge in [-0.3, -0.25) is 0 Å². The van der Waals surface area contributed by atoms with Crippen molar-refractivity contribution in [3.05, 3.63) is 70.3 Å². The lowest BCUT2D eigenvalue weighted by atomic mass is 10.2. The molecule has 0 saturated heterocycles. The predicted molar refractivity (Wildman–Crippen MR) is 121 cm³/mol. The van der Waals surface area contributed by atoms with E-state index in [1.165, 1.54) is 14.0 Å². The van der Waals surface area contributed by atoms with E-state index in [2.05, 4.69) is 124 Å². The van der Waals surface area contributed by atoms with Crippen molar-refractivity contribution in [3.8, 4) is 0 Å². The Morgan fingerprint density at radius 1 is 1.00 bits per heavy atom. The molecule has 0 radical (unpaired) electrons. The standard InChI is InChI=1S/C22H29IOSi/c1-6-21(23)18(2)17-24-25(22(3,4)5,19-13-9-7-10-14-19)20-15-11-8-12-16-20/h6-16,18H,17H2,1-5H3/b21-6-/t18-/m0/s1. The fraction of sp³-hybridized carbons (Fsp3) is 0.364. The van der Waals surface area contributed by atoms with E-state index in [0.717, 1.165) is 6.61 Å². The second-order valence-electron chi connectivity index (χ2n) is 7.55. The fourth-order valence-electron chi connectivity index (χ4n) is 3.38. The van der Waals surface area contributed by atoms with E-state index in [-0.39, 0.29) is 5.04 Å². The van der Waals surface area contributed by atoms with Crippen LogP contribution in [-0.4, -0.2) is 14.9 Å². The molecular weight excluding hydrogens is 435 g/mol. The molecule has 3 heteroatoms. The minimum atomic E-state index is -2.40. The molecule has 0 aliphatic rings. The third kappa shape index (κ3) is 4.44. The normalized spacial score (nSPS) is 14.4. The summed E-state index contributed by atoms with van der Waals surface area (Å²) in [6.45, 7) is 12.1. The van der Waals surface area contributed by atoms with Crippen molar-refractivity contribution in [2.75, 3.05) is 6.61 Å².